The van der Waals surface area contributed by atoms with E-state index in [-0.39, 0.29) is 30.7 Å². The maximum atomic E-state index is 12.5. The first-order valence-electron chi connectivity index (χ1n) is 10.8. The summed E-state index contributed by atoms with van der Waals surface area (Å²) in [5.74, 6) is -0.727. The van der Waals surface area contributed by atoms with Gasteiger partial charge in [-0.15, -0.1) is 0 Å². The molecule has 0 aliphatic carbocycles. The van der Waals surface area contributed by atoms with Crippen molar-refractivity contribution in [2.24, 2.45) is 0 Å². The van der Waals surface area contributed by atoms with E-state index >= 15 is 0 Å². The van der Waals surface area contributed by atoms with Gasteiger partial charge in [-0.2, -0.15) is 0 Å². The van der Waals surface area contributed by atoms with Gasteiger partial charge in [-0.1, -0.05) is 43.3 Å². The molecule has 32 heavy (non-hydrogen) atoms. The highest BCUT2D eigenvalue weighted by Gasteiger charge is 2.34. The van der Waals surface area contributed by atoms with Crippen molar-refractivity contribution in [1.82, 2.24) is 9.88 Å². The fourth-order valence-corrected chi connectivity index (χ4v) is 4.43. The Bertz CT molecular complexity index is 1350. The average Bonchev–Trinajstić information content (AvgIpc) is 3.29. The molecular weight excluding hydrogens is 402 g/mol. The molecule has 5 rings (SSSR count). The van der Waals surface area contributed by atoms with Crippen LogP contribution in [-0.4, -0.2) is 34.2 Å². The minimum absolute atomic E-state index is 0.147. The Morgan fingerprint density at radius 3 is 2.41 bits per heavy atom. The first-order chi connectivity index (χ1) is 15.6. The Labute approximate surface area is 185 Å². The largest absolute Gasteiger partial charge is 0.354 e. The number of carbonyl (C=O) groups is 3. The molecule has 0 spiro atoms. The molecule has 0 saturated heterocycles. The molecule has 1 aliphatic rings. The van der Waals surface area contributed by atoms with Crippen LogP contribution in [0.1, 0.15) is 46.0 Å². The van der Waals surface area contributed by atoms with Crippen molar-refractivity contribution in [3.8, 4) is 0 Å². The summed E-state index contributed by atoms with van der Waals surface area (Å²) < 4.78 is 0. The lowest BCUT2D eigenvalue weighted by molar-refractivity contribution is -0.116. The standard InChI is InChI=1S/C26H23N3O3/c1-2-16-7-5-10-19-18-13-12-17(15-22(18)28-24(16)19)27-23(30)11-6-14-29-25(31)20-8-3-4-9-21(20)26(29)32/h3-5,7-10,12-13,15,28H,2,6,11,14H2,1H3,(H,27,30). The quantitative estimate of drug-likeness (QED) is 0.431. The van der Waals surface area contributed by atoms with Crippen LogP contribution < -0.4 is 5.32 Å². The van der Waals surface area contributed by atoms with Gasteiger partial charge in [0.15, 0.2) is 0 Å². The van der Waals surface area contributed by atoms with Crippen LogP contribution in [0.3, 0.4) is 0 Å². The number of rotatable bonds is 6. The Balaban J connectivity index is 1.23. The number of nitrogens with one attached hydrogen (secondary N) is 2. The number of anilines is 1. The van der Waals surface area contributed by atoms with Crippen LogP contribution in [0.2, 0.25) is 0 Å². The van der Waals surface area contributed by atoms with Gasteiger partial charge in [0.2, 0.25) is 5.91 Å². The topological polar surface area (TPSA) is 82.3 Å². The molecule has 0 atom stereocenters. The van der Waals surface area contributed by atoms with Gasteiger partial charge < -0.3 is 10.3 Å². The first-order valence-corrected chi connectivity index (χ1v) is 10.8. The van der Waals surface area contributed by atoms with Crippen molar-refractivity contribution < 1.29 is 14.4 Å². The fraction of sp³-hybridized carbons (Fsp3) is 0.192. The monoisotopic (exact) mass is 425 g/mol. The van der Waals surface area contributed by atoms with E-state index in [9.17, 15) is 14.4 Å². The van der Waals surface area contributed by atoms with E-state index in [1.807, 2.05) is 18.2 Å². The van der Waals surface area contributed by atoms with Gasteiger partial charge in [0.25, 0.3) is 11.8 Å². The molecular formula is C26H23N3O3. The lowest BCUT2D eigenvalue weighted by Crippen LogP contribution is -2.31. The van der Waals surface area contributed by atoms with Crippen LogP contribution in [0.4, 0.5) is 5.69 Å². The van der Waals surface area contributed by atoms with Gasteiger partial charge in [-0.05, 0) is 42.7 Å². The number of aromatic amines is 1. The number of nitrogens with zero attached hydrogens (tertiary/aromatic N) is 1. The summed E-state index contributed by atoms with van der Waals surface area (Å²) >= 11 is 0. The van der Waals surface area contributed by atoms with Crippen molar-refractivity contribution >= 4 is 45.2 Å². The third-order valence-corrected chi connectivity index (χ3v) is 6.05. The zero-order valence-electron chi connectivity index (χ0n) is 17.8. The predicted molar refractivity (Wildman–Crippen MR) is 125 cm³/mol. The second kappa shape index (κ2) is 7.96. The highest BCUT2D eigenvalue weighted by Crippen LogP contribution is 2.30. The first kappa shape index (κ1) is 20.0. The minimum atomic E-state index is -0.290. The molecule has 6 heteroatoms. The summed E-state index contributed by atoms with van der Waals surface area (Å²) in [6.45, 7) is 2.36. The second-order valence-electron chi connectivity index (χ2n) is 8.04. The summed E-state index contributed by atoms with van der Waals surface area (Å²) in [6, 6.07) is 19.0. The van der Waals surface area contributed by atoms with E-state index in [2.05, 4.69) is 35.4 Å². The van der Waals surface area contributed by atoms with Gasteiger partial charge >= 0.3 is 0 Å². The molecule has 160 valence electrons. The van der Waals surface area contributed by atoms with Crippen molar-refractivity contribution in [2.75, 3.05) is 11.9 Å². The normalized spacial score (nSPS) is 13.2. The molecule has 1 aromatic heterocycles. The molecule has 1 aliphatic heterocycles. The van der Waals surface area contributed by atoms with Crippen LogP contribution in [0, 0.1) is 0 Å². The lowest BCUT2D eigenvalue weighted by atomic mass is 10.1. The molecule has 2 N–H and O–H groups in total. The van der Waals surface area contributed by atoms with Gasteiger partial charge in [0.1, 0.15) is 0 Å². The average molecular weight is 425 g/mol. The van der Waals surface area contributed by atoms with Gasteiger partial charge in [-0.3, -0.25) is 19.3 Å². The van der Waals surface area contributed by atoms with E-state index < -0.39 is 0 Å². The van der Waals surface area contributed by atoms with E-state index in [1.54, 1.807) is 24.3 Å². The minimum Gasteiger partial charge on any atom is -0.354 e. The number of imide groups is 1. The molecule has 2 heterocycles. The van der Waals surface area contributed by atoms with Crippen LogP contribution in [0.25, 0.3) is 21.8 Å². The van der Waals surface area contributed by atoms with Gasteiger partial charge in [0.05, 0.1) is 11.1 Å². The summed E-state index contributed by atoms with van der Waals surface area (Å²) in [7, 11) is 0. The number of aryl methyl sites for hydroxylation is 1. The number of para-hydroxylation sites is 1. The maximum absolute atomic E-state index is 12.5. The van der Waals surface area contributed by atoms with Crippen LogP contribution in [0.15, 0.2) is 60.7 Å². The van der Waals surface area contributed by atoms with E-state index in [1.165, 1.54) is 15.8 Å². The molecule has 6 nitrogen and oxygen atoms in total. The highest BCUT2D eigenvalue weighted by molar-refractivity contribution is 6.21. The number of hydrogen-bond acceptors (Lipinski definition) is 3. The van der Waals surface area contributed by atoms with Crippen molar-refractivity contribution in [1.29, 1.82) is 0 Å². The number of aromatic nitrogens is 1. The summed E-state index contributed by atoms with van der Waals surface area (Å²) in [6.07, 6.45) is 1.57. The highest BCUT2D eigenvalue weighted by atomic mass is 16.2. The molecule has 0 radical (unpaired) electrons. The Hall–Kier alpha value is -3.93. The summed E-state index contributed by atoms with van der Waals surface area (Å²) in [4.78, 5) is 42.0. The Morgan fingerprint density at radius 2 is 1.69 bits per heavy atom. The van der Waals surface area contributed by atoms with Crippen molar-refractivity contribution in [3.63, 3.8) is 0 Å². The number of amides is 3. The predicted octanol–water partition coefficient (Wildman–Crippen LogP) is 4.90. The zero-order chi connectivity index (χ0) is 22.2. The molecule has 3 aromatic carbocycles. The van der Waals surface area contributed by atoms with Crippen LogP contribution >= 0.6 is 0 Å². The third-order valence-electron chi connectivity index (χ3n) is 6.05. The maximum Gasteiger partial charge on any atom is 0.261 e. The number of hydrogen-bond donors (Lipinski definition) is 2. The summed E-state index contributed by atoms with van der Waals surface area (Å²) in [5, 5.41) is 5.23. The number of H-pyrrole nitrogens is 1. The number of fused-ring (bicyclic) bond motifs is 4. The van der Waals surface area contributed by atoms with Gasteiger partial charge in [-0.25, -0.2) is 0 Å². The van der Waals surface area contributed by atoms with E-state index in [0.717, 1.165) is 22.8 Å². The van der Waals surface area contributed by atoms with Crippen molar-refractivity contribution in [2.45, 2.75) is 26.2 Å². The smallest absolute Gasteiger partial charge is 0.261 e. The zero-order valence-corrected chi connectivity index (χ0v) is 17.8. The fourth-order valence-electron chi connectivity index (χ4n) is 4.43. The van der Waals surface area contributed by atoms with Crippen LogP contribution in [0.5, 0.6) is 0 Å². The van der Waals surface area contributed by atoms with Crippen molar-refractivity contribution in [3.05, 3.63) is 77.4 Å². The second-order valence-corrected chi connectivity index (χ2v) is 8.04. The molecule has 0 unspecified atom stereocenters. The molecule has 4 aromatic rings. The number of carbonyl (C=O) groups excluding carboxylic acids is 3. The van der Waals surface area contributed by atoms with E-state index in [0.29, 0.717) is 23.2 Å². The summed E-state index contributed by atoms with van der Waals surface area (Å²) in [5.41, 5.74) is 4.95. The molecule has 0 bridgehead atoms. The molecule has 3 amide bonds. The molecule has 0 saturated carbocycles. The van der Waals surface area contributed by atoms with E-state index in [4.69, 9.17) is 0 Å². The van der Waals surface area contributed by atoms with Crippen LogP contribution in [-0.2, 0) is 11.2 Å². The van der Waals surface area contributed by atoms with Gasteiger partial charge in [0, 0.05) is 40.5 Å². The lowest BCUT2D eigenvalue weighted by Gasteiger charge is -2.13. The SMILES string of the molecule is CCc1cccc2c1[nH]c1cc(NC(=O)CCCN3C(=O)c4ccccc4C3=O)ccc12. The third kappa shape index (κ3) is 3.34. The molecule has 0 fully saturated rings. The Morgan fingerprint density at radius 1 is 0.938 bits per heavy atom. The number of benzene rings is 3. The Kier molecular flexibility index (Phi) is 4.98.